The van der Waals surface area contributed by atoms with Crippen LogP contribution in [0.4, 0.5) is 5.69 Å². The van der Waals surface area contributed by atoms with Gasteiger partial charge in [0.25, 0.3) is 11.8 Å². The largest absolute Gasteiger partial charge is 0.494 e. The fourth-order valence-corrected chi connectivity index (χ4v) is 13.5. The predicted octanol–water partition coefficient (Wildman–Crippen LogP) is 6.67. The van der Waals surface area contributed by atoms with Crippen LogP contribution in [-0.4, -0.2) is 92.2 Å². The highest BCUT2D eigenvalue weighted by atomic mass is 35.5. The SMILES string of the molecule is Cc1sc2c(c1C)C(c1ccc(Cl)cc1)=N[C@@H](CC(=O)NCC[C@]13OB(c4ccccc4CCCC(=O)Nc4cccc5c4C(=O)N(C4CCC(=O)NC4=O)C5=O)O[C@@H]1C[C@H]1C[C@@H]3C1(C)C)c1nnc(C)n1-2. The number of thiophene rings is 1. The van der Waals surface area contributed by atoms with Crippen LogP contribution in [0.15, 0.2) is 71.7 Å². The molecule has 6 amide bonds. The molecule has 6 atom stereocenters. The Balaban J connectivity index is 0.763. The number of imide groups is 2. The van der Waals surface area contributed by atoms with E-state index in [1.165, 1.54) is 10.9 Å². The van der Waals surface area contributed by atoms with Gasteiger partial charge in [0.05, 0.1) is 40.7 Å². The number of carbonyl (C=O) groups excluding carboxylic acids is 6. The number of piperidine rings is 1. The summed E-state index contributed by atoms with van der Waals surface area (Å²) in [6.45, 7) is 11.1. The molecule has 0 radical (unpaired) electrons. The lowest BCUT2D eigenvalue weighted by Crippen LogP contribution is -2.67. The maximum atomic E-state index is 14.2. The van der Waals surface area contributed by atoms with E-state index < -0.39 is 48.4 Å². The molecule has 3 N–H and O–H groups in total. The number of amides is 6. The molecule has 3 saturated carbocycles. The van der Waals surface area contributed by atoms with Gasteiger partial charge in [-0.15, -0.1) is 21.5 Å². The number of anilines is 1. The minimum atomic E-state index is -1.11. The Morgan fingerprint density at radius 2 is 1.74 bits per heavy atom. The van der Waals surface area contributed by atoms with Gasteiger partial charge in [-0.3, -0.25) is 48.5 Å². The van der Waals surface area contributed by atoms with E-state index in [1.54, 1.807) is 23.5 Å². The van der Waals surface area contributed by atoms with Crippen molar-refractivity contribution in [2.24, 2.45) is 22.2 Å². The molecule has 1 unspecified atom stereocenters. The van der Waals surface area contributed by atoms with Gasteiger partial charge in [-0.05, 0) is 117 Å². The van der Waals surface area contributed by atoms with Crippen molar-refractivity contribution in [1.82, 2.24) is 30.3 Å². The van der Waals surface area contributed by atoms with Crippen molar-refractivity contribution in [3.63, 3.8) is 0 Å². The lowest BCUT2D eigenvalue weighted by molar-refractivity contribution is -0.209. The zero-order chi connectivity index (χ0) is 50.4. The first kappa shape index (κ1) is 48.0. The van der Waals surface area contributed by atoms with Crippen molar-refractivity contribution in [3.8, 4) is 5.00 Å². The summed E-state index contributed by atoms with van der Waals surface area (Å²) in [4.78, 5) is 86.3. The third-order valence-corrected chi connectivity index (χ3v) is 17.6. The van der Waals surface area contributed by atoms with E-state index in [1.807, 2.05) is 60.0 Å². The third kappa shape index (κ3) is 8.01. The molecule has 19 heteroatoms. The quantitative estimate of drug-likeness (QED) is 0.0844. The lowest BCUT2D eigenvalue weighted by atomic mass is 9.43. The summed E-state index contributed by atoms with van der Waals surface area (Å²) >= 11 is 7.99. The Labute approximate surface area is 425 Å². The number of carbonyl (C=O) groups is 6. The topological polar surface area (TPSA) is 203 Å². The van der Waals surface area contributed by atoms with E-state index >= 15 is 0 Å². The summed E-state index contributed by atoms with van der Waals surface area (Å²) in [6, 6.07) is 18.5. The van der Waals surface area contributed by atoms with Crippen LogP contribution in [-0.2, 0) is 34.9 Å². The zero-order valence-corrected chi connectivity index (χ0v) is 42.2. The number of benzene rings is 3. The van der Waals surface area contributed by atoms with Crippen LogP contribution in [0.25, 0.3) is 5.00 Å². The van der Waals surface area contributed by atoms with Crippen molar-refractivity contribution in [2.45, 2.75) is 116 Å². The van der Waals surface area contributed by atoms with E-state index in [0.29, 0.717) is 42.6 Å². The average Bonchev–Trinajstić information content (AvgIpc) is 4.06. The summed E-state index contributed by atoms with van der Waals surface area (Å²) < 4.78 is 16.1. The van der Waals surface area contributed by atoms with Crippen LogP contribution < -0.4 is 21.4 Å². The van der Waals surface area contributed by atoms with E-state index in [0.717, 1.165) is 62.0 Å². The van der Waals surface area contributed by atoms with Crippen LogP contribution in [0.5, 0.6) is 0 Å². The van der Waals surface area contributed by atoms with Gasteiger partial charge in [0, 0.05) is 40.4 Å². The normalized spacial score (nSPS) is 24.6. The van der Waals surface area contributed by atoms with Gasteiger partial charge in [0.15, 0.2) is 5.82 Å². The van der Waals surface area contributed by atoms with Crippen molar-refractivity contribution >= 4 is 82.4 Å². The highest BCUT2D eigenvalue weighted by Gasteiger charge is 2.69. The van der Waals surface area contributed by atoms with Gasteiger partial charge in [-0.2, -0.15) is 0 Å². The lowest BCUT2D eigenvalue weighted by Gasteiger charge is -2.65. The van der Waals surface area contributed by atoms with Crippen LogP contribution in [0, 0.1) is 38.0 Å². The second kappa shape index (κ2) is 18.3. The molecule has 0 spiro atoms. The molecule has 2 saturated heterocycles. The van der Waals surface area contributed by atoms with Gasteiger partial charge in [0.1, 0.15) is 22.9 Å². The molecule has 6 heterocycles. The summed E-state index contributed by atoms with van der Waals surface area (Å²) in [5.74, 6) is -0.944. The number of fused-ring (bicyclic) bond motifs is 4. The first-order chi connectivity index (χ1) is 34.5. The Bertz CT molecular complexity index is 3150. The molecule has 16 nitrogen and oxygen atoms in total. The Kier molecular flexibility index (Phi) is 12.2. The monoisotopic (exact) mass is 1010 g/mol. The molecule has 4 aliphatic heterocycles. The summed E-state index contributed by atoms with van der Waals surface area (Å²) in [5.41, 5.74) is 5.37. The molecule has 2 bridgehead atoms. The standard InChI is InChI=1S/C53H54BClN8O8S/c1-27-28(2)72-51-44(27)46(31-16-18-33(55)19-17-31)58-37(47-61-60-29(3)62(47)51)26-43(66)56-23-22-53-39-24-32(52(39,4)5)25-40(53)70-54(71-53)35-13-7-6-10-30(35)11-8-15-41(64)57-36-14-9-12-34-45(36)50(69)63(49(34)68)38-20-21-42(65)59-48(38)67/h6-7,9-10,12-14,16-19,32,37-40H,8,11,15,20-26H2,1-5H3,(H,56,66)(H,57,64)(H,59,65,67)/t32-,37+,38?,39-,40-,53-/m1/s1. The van der Waals surface area contributed by atoms with Gasteiger partial charge in [-0.1, -0.05) is 67.9 Å². The Morgan fingerprint density at radius 1 is 0.944 bits per heavy atom. The molecule has 2 aromatic heterocycles. The van der Waals surface area contributed by atoms with Gasteiger partial charge in [0.2, 0.25) is 23.6 Å². The first-order valence-corrected chi connectivity index (χ1v) is 25.9. The molecule has 3 aliphatic carbocycles. The van der Waals surface area contributed by atoms with Crippen LogP contribution >= 0.6 is 22.9 Å². The highest BCUT2D eigenvalue weighted by Crippen LogP contribution is 2.66. The molecular weight excluding hydrogens is 955 g/mol. The fourth-order valence-electron chi connectivity index (χ4n) is 12.2. The van der Waals surface area contributed by atoms with Gasteiger partial charge >= 0.3 is 7.12 Å². The Hall–Kier alpha value is -6.34. The smallest absolute Gasteiger partial charge is 0.401 e. The van der Waals surface area contributed by atoms with Gasteiger partial charge in [-0.25, -0.2) is 0 Å². The maximum Gasteiger partial charge on any atom is 0.494 e. The molecule has 7 aliphatic rings. The molecule has 5 aromatic rings. The minimum Gasteiger partial charge on any atom is -0.401 e. The molecule has 72 heavy (non-hydrogen) atoms. The second-order valence-corrected chi connectivity index (χ2v) is 22.2. The van der Waals surface area contributed by atoms with Crippen LogP contribution in [0.3, 0.4) is 0 Å². The van der Waals surface area contributed by atoms with Gasteiger partial charge < -0.3 is 19.9 Å². The van der Waals surface area contributed by atoms with Crippen LogP contribution in [0.1, 0.15) is 131 Å². The predicted molar refractivity (Wildman–Crippen MR) is 271 cm³/mol. The summed E-state index contributed by atoms with van der Waals surface area (Å²) in [6.07, 6.45) is 3.47. The third-order valence-electron chi connectivity index (χ3n) is 16.2. The molecular formula is C53H54BClN8O8S. The number of nitrogens with one attached hydrogen (secondary N) is 3. The number of nitrogens with zero attached hydrogens (tertiary/aromatic N) is 5. The van der Waals surface area contributed by atoms with Crippen molar-refractivity contribution in [1.29, 1.82) is 0 Å². The van der Waals surface area contributed by atoms with E-state index in [4.69, 9.17) is 25.9 Å². The van der Waals surface area contributed by atoms with E-state index in [2.05, 4.69) is 53.8 Å². The average molecular weight is 1010 g/mol. The molecule has 3 aromatic carbocycles. The van der Waals surface area contributed by atoms with Crippen molar-refractivity contribution in [3.05, 3.63) is 122 Å². The second-order valence-electron chi connectivity index (χ2n) is 20.6. The number of hydrogen-bond acceptors (Lipinski definition) is 12. The first-order valence-electron chi connectivity index (χ1n) is 24.7. The number of aromatic nitrogens is 3. The number of halogens is 1. The number of aryl methyl sites for hydroxylation is 3. The summed E-state index contributed by atoms with van der Waals surface area (Å²) in [7, 11) is -0.650. The molecule has 5 fully saturated rings. The number of rotatable bonds is 13. The maximum absolute atomic E-state index is 14.2. The Morgan fingerprint density at radius 3 is 2.51 bits per heavy atom. The molecule has 12 rings (SSSR count). The van der Waals surface area contributed by atoms with Crippen molar-refractivity contribution < 1.29 is 38.1 Å². The fraction of sp³-hybridized carbons (Fsp3) is 0.415. The minimum absolute atomic E-state index is 0.00579. The number of hydrogen-bond donors (Lipinski definition) is 3. The van der Waals surface area contributed by atoms with Crippen LogP contribution in [0.2, 0.25) is 5.02 Å². The molecule has 370 valence electrons. The van der Waals surface area contributed by atoms with E-state index in [9.17, 15) is 28.8 Å². The number of aliphatic imine (C=N–C) groups is 1. The zero-order valence-electron chi connectivity index (χ0n) is 40.7. The highest BCUT2D eigenvalue weighted by molar-refractivity contribution is 7.15. The summed E-state index contributed by atoms with van der Waals surface area (Å²) in [5, 5.41) is 18.9. The van der Waals surface area contributed by atoms with E-state index in [-0.39, 0.29) is 71.7 Å². The van der Waals surface area contributed by atoms with Crippen molar-refractivity contribution in [2.75, 3.05) is 11.9 Å².